The van der Waals surface area contributed by atoms with E-state index in [0.717, 1.165) is 5.56 Å². The zero-order valence-corrected chi connectivity index (χ0v) is 16.6. The van der Waals surface area contributed by atoms with Gasteiger partial charge in [-0.3, -0.25) is 4.79 Å². The number of benzene rings is 1. The van der Waals surface area contributed by atoms with Crippen LogP contribution in [0.15, 0.2) is 48.7 Å². The average molecular weight is 398 g/mol. The number of anilines is 1. The van der Waals surface area contributed by atoms with Crippen LogP contribution in [-0.2, 0) is 14.8 Å². The fourth-order valence-corrected chi connectivity index (χ4v) is 4.20. The van der Waals surface area contributed by atoms with Crippen LogP contribution in [0, 0.1) is 17.8 Å². The number of hydrogen-bond acceptors (Lipinski definition) is 4. The van der Waals surface area contributed by atoms with Gasteiger partial charge in [0.2, 0.25) is 15.9 Å². The van der Waals surface area contributed by atoms with Crippen molar-refractivity contribution in [2.45, 2.75) is 19.8 Å². The second-order valence-corrected chi connectivity index (χ2v) is 8.87. The molecule has 2 heterocycles. The summed E-state index contributed by atoms with van der Waals surface area (Å²) < 4.78 is 25.3. The third-order valence-electron chi connectivity index (χ3n) is 4.71. The fraction of sp³-hybridized carbons (Fsp3) is 0.333. The zero-order chi connectivity index (χ0) is 20.0. The van der Waals surface area contributed by atoms with E-state index in [9.17, 15) is 13.2 Å². The lowest BCUT2D eigenvalue weighted by Crippen LogP contribution is -2.42. The molecule has 146 valence electrons. The summed E-state index contributed by atoms with van der Waals surface area (Å²) in [6, 6.07) is 12.9. The average Bonchev–Trinajstić information content (AvgIpc) is 2.73. The third kappa shape index (κ3) is 5.18. The van der Waals surface area contributed by atoms with Crippen LogP contribution in [0.1, 0.15) is 31.0 Å². The highest BCUT2D eigenvalue weighted by atomic mass is 32.2. The number of aromatic nitrogens is 1. The van der Waals surface area contributed by atoms with Crippen LogP contribution >= 0.6 is 0 Å². The maximum Gasteiger partial charge on any atom is 0.227 e. The van der Waals surface area contributed by atoms with Crippen molar-refractivity contribution < 1.29 is 13.2 Å². The Morgan fingerprint density at radius 2 is 1.96 bits per heavy atom. The SMILES string of the molecule is CCS(=O)(=O)N1CCC(C(=O)Nc2cccc(C#Cc3ccccn3)c2)CC1. The van der Waals surface area contributed by atoms with Gasteiger partial charge in [-0.15, -0.1) is 0 Å². The van der Waals surface area contributed by atoms with E-state index in [0.29, 0.717) is 37.3 Å². The Morgan fingerprint density at radius 3 is 2.64 bits per heavy atom. The van der Waals surface area contributed by atoms with Crippen molar-refractivity contribution in [3.63, 3.8) is 0 Å². The summed E-state index contributed by atoms with van der Waals surface area (Å²) in [5.41, 5.74) is 2.15. The molecule has 0 spiro atoms. The monoisotopic (exact) mass is 397 g/mol. The number of nitrogens with zero attached hydrogens (tertiary/aromatic N) is 2. The lowest BCUT2D eigenvalue weighted by Gasteiger charge is -2.30. The van der Waals surface area contributed by atoms with E-state index >= 15 is 0 Å². The molecule has 1 N–H and O–H groups in total. The Labute approximate surface area is 166 Å². The van der Waals surface area contributed by atoms with E-state index in [1.54, 1.807) is 13.1 Å². The Hall–Kier alpha value is -2.69. The van der Waals surface area contributed by atoms with Gasteiger partial charge in [0.15, 0.2) is 0 Å². The fourth-order valence-electron chi connectivity index (χ4n) is 3.07. The quantitative estimate of drug-likeness (QED) is 0.804. The van der Waals surface area contributed by atoms with Gasteiger partial charge in [-0.1, -0.05) is 18.1 Å². The lowest BCUT2D eigenvalue weighted by molar-refractivity contribution is -0.120. The largest absolute Gasteiger partial charge is 0.326 e. The number of hydrogen-bond donors (Lipinski definition) is 1. The molecule has 1 amide bonds. The molecule has 0 aliphatic carbocycles. The molecule has 2 aromatic rings. The molecule has 1 aliphatic rings. The van der Waals surface area contributed by atoms with E-state index in [2.05, 4.69) is 22.1 Å². The molecule has 1 aromatic carbocycles. The lowest BCUT2D eigenvalue weighted by atomic mass is 9.97. The van der Waals surface area contributed by atoms with Crippen LogP contribution in [0.4, 0.5) is 5.69 Å². The molecule has 0 unspecified atom stereocenters. The zero-order valence-electron chi connectivity index (χ0n) is 15.8. The maximum absolute atomic E-state index is 12.6. The van der Waals surface area contributed by atoms with Crippen LogP contribution in [0.25, 0.3) is 0 Å². The second kappa shape index (κ2) is 9.00. The number of sulfonamides is 1. The van der Waals surface area contributed by atoms with Crippen molar-refractivity contribution in [1.29, 1.82) is 0 Å². The van der Waals surface area contributed by atoms with Crippen molar-refractivity contribution >= 4 is 21.6 Å². The van der Waals surface area contributed by atoms with E-state index in [4.69, 9.17) is 0 Å². The highest BCUT2D eigenvalue weighted by Gasteiger charge is 2.30. The molecule has 0 atom stereocenters. The van der Waals surface area contributed by atoms with Crippen molar-refractivity contribution in [2.75, 3.05) is 24.2 Å². The first kappa shape index (κ1) is 20.1. The maximum atomic E-state index is 12.6. The minimum absolute atomic E-state index is 0.0802. The highest BCUT2D eigenvalue weighted by Crippen LogP contribution is 2.22. The predicted octanol–water partition coefficient (Wildman–Crippen LogP) is 2.48. The molecule has 1 fully saturated rings. The van der Waals surface area contributed by atoms with Crippen LogP contribution in [-0.4, -0.2) is 42.5 Å². The molecule has 1 aromatic heterocycles. The molecule has 3 rings (SSSR count). The second-order valence-electron chi connectivity index (χ2n) is 6.61. The van der Waals surface area contributed by atoms with E-state index in [-0.39, 0.29) is 17.6 Å². The molecule has 28 heavy (non-hydrogen) atoms. The van der Waals surface area contributed by atoms with Gasteiger partial charge in [0, 0.05) is 36.5 Å². The Kier molecular flexibility index (Phi) is 6.45. The van der Waals surface area contributed by atoms with Crippen molar-refractivity contribution in [2.24, 2.45) is 5.92 Å². The van der Waals surface area contributed by atoms with Gasteiger partial charge in [-0.2, -0.15) is 0 Å². The molecule has 0 bridgehead atoms. The Balaban J connectivity index is 1.60. The highest BCUT2D eigenvalue weighted by molar-refractivity contribution is 7.89. The molecule has 0 radical (unpaired) electrons. The third-order valence-corrected chi connectivity index (χ3v) is 6.59. The molecule has 1 saturated heterocycles. The van der Waals surface area contributed by atoms with Crippen molar-refractivity contribution in [3.8, 4) is 11.8 Å². The van der Waals surface area contributed by atoms with E-state index in [1.165, 1.54) is 4.31 Å². The number of rotatable bonds is 4. The summed E-state index contributed by atoms with van der Waals surface area (Å²) in [6.45, 7) is 2.42. The molecular formula is C21H23N3O3S. The predicted molar refractivity (Wildman–Crippen MR) is 109 cm³/mol. The minimum Gasteiger partial charge on any atom is -0.326 e. The molecular weight excluding hydrogens is 374 g/mol. The first-order chi connectivity index (χ1) is 13.5. The standard InChI is InChI=1S/C21H23N3O3S/c1-2-28(26,27)24-14-11-18(12-15-24)21(25)23-20-8-5-6-17(16-20)9-10-19-7-3-4-13-22-19/h3-8,13,16,18H,2,11-12,14-15H2,1H3,(H,23,25). The van der Waals surface area contributed by atoms with Crippen molar-refractivity contribution in [3.05, 3.63) is 59.9 Å². The van der Waals surface area contributed by atoms with Gasteiger partial charge in [0.25, 0.3) is 0 Å². The molecule has 0 saturated carbocycles. The van der Waals surface area contributed by atoms with E-state index in [1.807, 2.05) is 42.5 Å². The van der Waals surface area contributed by atoms with Crippen LogP contribution in [0.5, 0.6) is 0 Å². The number of piperidine rings is 1. The van der Waals surface area contributed by atoms with Crippen LogP contribution in [0.2, 0.25) is 0 Å². The summed E-state index contributed by atoms with van der Waals surface area (Å²) >= 11 is 0. The van der Waals surface area contributed by atoms with Gasteiger partial charge in [-0.25, -0.2) is 17.7 Å². The van der Waals surface area contributed by atoms with Gasteiger partial charge in [0.1, 0.15) is 5.69 Å². The number of pyridine rings is 1. The number of carbonyl (C=O) groups is 1. The number of carbonyl (C=O) groups excluding carboxylic acids is 1. The van der Waals surface area contributed by atoms with Gasteiger partial charge >= 0.3 is 0 Å². The summed E-state index contributed by atoms with van der Waals surface area (Å²) in [4.78, 5) is 16.7. The number of nitrogens with one attached hydrogen (secondary N) is 1. The summed E-state index contributed by atoms with van der Waals surface area (Å²) in [6.07, 6.45) is 2.76. The van der Waals surface area contributed by atoms with E-state index < -0.39 is 10.0 Å². The summed E-state index contributed by atoms with van der Waals surface area (Å²) in [5, 5.41) is 2.93. The normalized spacial score (nSPS) is 15.5. The topological polar surface area (TPSA) is 79.4 Å². The Bertz CT molecular complexity index is 986. The van der Waals surface area contributed by atoms with Gasteiger partial charge < -0.3 is 5.32 Å². The summed E-state index contributed by atoms with van der Waals surface area (Å²) in [5.74, 6) is 5.86. The van der Waals surface area contributed by atoms with Crippen molar-refractivity contribution in [1.82, 2.24) is 9.29 Å². The minimum atomic E-state index is -3.18. The molecule has 7 heteroatoms. The molecule has 6 nitrogen and oxygen atoms in total. The van der Waals surface area contributed by atoms with Gasteiger partial charge in [0.05, 0.1) is 5.75 Å². The Morgan fingerprint density at radius 1 is 1.18 bits per heavy atom. The van der Waals surface area contributed by atoms with Gasteiger partial charge in [-0.05, 0) is 56.0 Å². The van der Waals surface area contributed by atoms with Crippen LogP contribution in [0.3, 0.4) is 0 Å². The summed E-state index contributed by atoms with van der Waals surface area (Å²) in [7, 11) is -3.18. The number of amides is 1. The molecule has 1 aliphatic heterocycles. The first-order valence-corrected chi connectivity index (χ1v) is 10.9. The van der Waals surface area contributed by atoms with Crippen LogP contribution < -0.4 is 5.32 Å². The smallest absolute Gasteiger partial charge is 0.227 e. The first-order valence-electron chi connectivity index (χ1n) is 9.30.